The van der Waals surface area contributed by atoms with Crippen LogP contribution in [0, 0.1) is 0 Å². The molecule has 0 fully saturated rings. The van der Waals surface area contributed by atoms with Crippen molar-refractivity contribution in [3.05, 3.63) is 35.9 Å². The van der Waals surface area contributed by atoms with Gasteiger partial charge in [-0.1, -0.05) is 18.2 Å². The van der Waals surface area contributed by atoms with Gasteiger partial charge < -0.3 is 0 Å². The van der Waals surface area contributed by atoms with Crippen LogP contribution in [0.5, 0.6) is 0 Å². The summed E-state index contributed by atoms with van der Waals surface area (Å²) in [5, 5.41) is 0. The Bertz CT molecular complexity index is 248. The van der Waals surface area contributed by atoms with Crippen molar-refractivity contribution in [2.75, 3.05) is 0 Å². The Hall–Kier alpha value is -1.00. The Labute approximate surface area is 70.3 Å². The summed E-state index contributed by atoms with van der Waals surface area (Å²) in [5.74, 6) is 4.80. The molecule has 2 N–H and O–H groups in total. The minimum atomic E-state index is -0.311. The number of hydrogen-bond donors (Lipinski definition) is 2. The highest BCUT2D eigenvalue weighted by atomic mass is 32.1. The number of nitrogens with zero attached hydrogens (tertiary/aromatic N) is 1. The molecule has 0 spiro atoms. The third-order valence-corrected chi connectivity index (χ3v) is 1.41. The molecule has 0 aliphatic heterocycles. The first-order valence-corrected chi connectivity index (χ1v) is 3.45. The maximum atomic E-state index is 11.1. The van der Waals surface area contributed by atoms with Crippen LogP contribution in [-0.4, -0.2) is 10.3 Å². The van der Waals surface area contributed by atoms with Crippen molar-refractivity contribution < 1.29 is 4.79 Å². The number of carbonyl (C=O) groups is 1. The summed E-state index contributed by atoms with van der Waals surface area (Å²) in [6.07, 6.45) is 0. The lowest BCUT2D eigenvalue weighted by Crippen LogP contribution is -2.27. The summed E-state index contributed by atoms with van der Waals surface area (Å²) >= 11 is 3.67. The lowest BCUT2D eigenvalue weighted by atomic mass is 10.2. The van der Waals surface area contributed by atoms with Gasteiger partial charge >= 0.3 is 0 Å². The fourth-order valence-electron chi connectivity index (χ4n) is 0.713. The van der Waals surface area contributed by atoms with Crippen LogP contribution in [0.1, 0.15) is 10.4 Å². The van der Waals surface area contributed by atoms with E-state index in [1.165, 1.54) is 0 Å². The first-order valence-electron chi connectivity index (χ1n) is 3.05. The van der Waals surface area contributed by atoms with Crippen LogP contribution in [0.4, 0.5) is 0 Å². The van der Waals surface area contributed by atoms with Crippen LogP contribution < -0.4 is 5.84 Å². The fraction of sp³-hybridized carbons (Fsp3) is 0. The van der Waals surface area contributed by atoms with Crippen molar-refractivity contribution >= 4 is 18.7 Å². The predicted octanol–water partition coefficient (Wildman–Crippen LogP) is 0.847. The third-order valence-electron chi connectivity index (χ3n) is 1.23. The van der Waals surface area contributed by atoms with E-state index in [2.05, 4.69) is 12.8 Å². The lowest BCUT2D eigenvalue weighted by molar-refractivity contribution is 0.0874. The van der Waals surface area contributed by atoms with Crippen molar-refractivity contribution in [2.24, 2.45) is 5.84 Å². The molecule has 58 valence electrons. The minimum absolute atomic E-state index is 0.311. The second-order valence-corrected chi connectivity index (χ2v) is 2.45. The zero-order chi connectivity index (χ0) is 8.27. The highest BCUT2D eigenvalue weighted by molar-refractivity contribution is 7.78. The van der Waals surface area contributed by atoms with Crippen molar-refractivity contribution in [3.8, 4) is 0 Å². The molecule has 1 rings (SSSR count). The smallest absolute Gasteiger partial charge is 0.267 e. The van der Waals surface area contributed by atoms with Gasteiger partial charge in [0.15, 0.2) is 0 Å². The summed E-state index contributed by atoms with van der Waals surface area (Å²) in [7, 11) is 0. The molecule has 3 nitrogen and oxygen atoms in total. The fourth-order valence-corrected chi connectivity index (χ4v) is 0.828. The van der Waals surface area contributed by atoms with Crippen LogP contribution in [-0.2, 0) is 0 Å². The van der Waals surface area contributed by atoms with Gasteiger partial charge in [-0.15, -0.1) is 0 Å². The third kappa shape index (κ3) is 1.96. The summed E-state index contributed by atoms with van der Waals surface area (Å²) in [6.45, 7) is 0. The predicted molar refractivity (Wildman–Crippen MR) is 45.8 cm³/mol. The number of rotatable bonds is 1. The van der Waals surface area contributed by atoms with Gasteiger partial charge in [-0.3, -0.25) is 4.79 Å². The normalized spacial score (nSPS) is 9.27. The molecule has 11 heavy (non-hydrogen) atoms. The highest BCUT2D eigenvalue weighted by Gasteiger charge is 2.06. The van der Waals surface area contributed by atoms with Crippen LogP contribution in [0.2, 0.25) is 0 Å². The molecule has 4 heteroatoms. The SMILES string of the molecule is NN(S)C(=O)c1ccccc1. The number of amides is 1. The van der Waals surface area contributed by atoms with Crippen LogP contribution in [0.3, 0.4) is 0 Å². The number of carbonyl (C=O) groups excluding carboxylic acids is 1. The second-order valence-electron chi connectivity index (χ2n) is 2.02. The Morgan fingerprint density at radius 3 is 2.36 bits per heavy atom. The summed E-state index contributed by atoms with van der Waals surface area (Å²) in [5.41, 5.74) is 0.532. The van der Waals surface area contributed by atoms with Crippen LogP contribution in [0.15, 0.2) is 30.3 Å². The molecule has 1 aromatic carbocycles. The van der Waals surface area contributed by atoms with Gasteiger partial charge in [0.2, 0.25) is 0 Å². The van der Waals surface area contributed by atoms with Gasteiger partial charge in [-0.05, 0) is 24.9 Å². The quantitative estimate of drug-likeness (QED) is 0.282. The average Bonchev–Trinajstić information content (AvgIpc) is 2.05. The van der Waals surface area contributed by atoms with Crippen molar-refractivity contribution in [1.82, 2.24) is 4.41 Å². The van der Waals surface area contributed by atoms with Crippen molar-refractivity contribution in [3.63, 3.8) is 0 Å². The molecule has 0 saturated heterocycles. The van der Waals surface area contributed by atoms with E-state index in [9.17, 15) is 4.79 Å². The molecule has 0 atom stereocenters. The average molecular weight is 168 g/mol. The molecule has 0 heterocycles. The van der Waals surface area contributed by atoms with Crippen LogP contribution >= 0.6 is 12.8 Å². The van der Waals surface area contributed by atoms with E-state index < -0.39 is 0 Å². The number of benzene rings is 1. The molecular weight excluding hydrogens is 160 g/mol. The summed E-state index contributed by atoms with van der Waals surface area (Å²) in [6, 6.07) is 8.72. The minimum Gasteiger partial charge on any atom is -0.267 e. The van der Waals surface area contributed by atoms with E-state index in [1.807, 2.05) is 6.07 Å². The topological polar surface area (TPSA) is 46.3 Å². The number of nitrogens with two attached hydrogens (primary N) is 1. The maximum absolute atomic E-state index is 11.1. The lowest BCUT2D eigenvalue weighted by Gasteiger charge is -2.06. The Morgan fingerprint density at radius 1 is 1.36 bits per heavy atom. The second kappa shape index (κ2) is 3.41. The molecule has 0 aliphatic carbocycles. The van der Waals surface area contributed by atoms with Crippen molar-refractivity contribution in [1.29, 1.82) is 0 Å². The Morgan fingerprint density at radius 2 is 1.91 bits per heavy atom. The number of hydrogen-bond acceptors (Lipinski definition) is 3. The summed E-state index contributed by atoms with van der Waals surface area (Å²) in [4.78, 5) is 11.1. The zero-order valence-electron chi connectivity index (χ0n) is 5.77. The zero-order valence-corrected chi connectivity index (χ0v) is 6.66. The molecular formula is C7H8N2OS. The van der Waals surface area contributed by atoms with E-state index in [1.54, 1.807) is 24.3 Å². The van der Waals surface area contributed by atoms with Gasteiger partial charge in [0.25, 0.3) is 5.91 Å². The standard InChI is InChI=1S/C7H8N2OS/c8-9(11)7(10)6-4-2-1-3-5-6/h1-5,11H,8H2. The van der Waals surface area contributed by atoms with Gasteiger partial charge in [-0.25, -0.2) is 10.3 Å². The molecule has 0 saturated carbocycles. The van der Waals surface area contributed by atoms with E-state index in [0.717, 1.165) is 4.41 Å². The van der Waals surface area contributed by atoms with E-state index in [0.29, 0.717) is 5.56 Å². The van der Waals surface area contributed by atoms with E-state index >= 15 is 0 Å². The first-order chi connectivity index (χ1) is 5.22. The molecule has 1 amide bonds. The largest absolute Gasteiger partial charge is 0.277 e. The van der Waals surface area contributed by atoms with Crippen LogP contribution in [0.25, 0.3) is 0 Å². The van der Waals surface area contributed by atoms with Gasteiger partial charge in [0, 0.05) is 5.56 Å². The molecule has 0 radical (unpaired) electrons. The molecule has 0 unspecified atom stereocenters. The maximum Gasteiger partial charge on any atom is 0.277 e. The van der Waals surface area contributed by atoms with Gasteiger partial charge in [0.1, 0.15) is 0 Å². The van der Waals surface area contributed by atoms with Gasteiger partial charge in [-0.2, -0.15) is 0 Å². The molecule has 0 bridgehead atoms. The molecule has 1 aromatic rings. The van der Waals surface area contributed by atoms with E-state index in [-0.39, 0.29) is 5.91 Å². The van der Waals surface area contributed by atoms with Crippen molar-refractivity contribution in [2.45, 2.75) is 0 Å². The Balaban J connectivity index is 2.86. The number of hydrazine groups is 1. The molecule has 0 aromatic heterocycles. The first kappa shape index (κ1) is 8.10. The highest BCUT2D eigenvalue weighted by Crippen LogP contribution is 2.01. The molecule has 0 aliphatic rings. The monoisotopic (exact) mass is 168 g/mol. The summed E-state index contributed by atoms with van der Waals surface area (Å²) < 4.78 is 0.759. The number of thiol groups is 1. The van der Waals surface area contributed by atoms with E-state index in [4.69, 9.17) is 5.84 Å². The van der Waals surface area contributed by atoms with Gasteiger partial charge in [0.05, 0.1) is 0 Å². The Kier molecular flexibility index (Phi) is 2.51.